The van der Waals surface area contributed by atoms with Crippen LogP contribution in [0.3, 0.4) is 0 Å². The zero-order valence-corrected chi connectivity index (χ0v) is 22.2. The van der Waals surface area contributed by atoms with Gasteiger partial charge in [-0.1, -0.05) is 24.3 Å². The third-order valence-corrected chi connectivity index (χ3v) is 6.55. The third kappa shape index (κ3) is 6.08. The Labute approximate surface area is 235 Å². The molecule has 0 saturated carbocycles. The van der Waals surface area contributed by atoms with Gasteiger partial charge in [0.25, 0.3) is 5.91 Å². The number of carbonyl (C=O) groups is 2. The summed E-state index contributed by atoms with van der Waals surface area (Å²) in [6, 6.07) is 17.1. The van der Waals surface area contributed by atoms with Crippen LogP contribution in [0.25, 0.3) is 22.0 Å². The number of benzene rings is 2. The van der Waals surface area contributed by atoms with E-state index in [1.54, 1.807) is 24.5 Å². The lowest BCUT2D eigenvalue weighted by atomic mass is 9.98. The van der Waals surface area contributed by atoms with E-state index in [0.717, 1.165) is 22.2 Å². The number of nitrogens with zero attached hydrogens (tertiary/aromatic N) is 3. The van der Waals surface area contributed by atoms with Gasteiger partial charge in [0.2, 0.25) is 0 Å². The molecule has 3 heterocycles. The van der Waals surface area contributed by atoms with Gasteiger partial charge in [-0.2, -0.15) is 0 Å². The Hall–Kier alpha value is -5.06. The van der Waals surface area contributed by atoms with E-state index in [1.807, 2.05) is 37.3 Å². The summed E-state index contributed by atoms with van der Waals surface area (Å²) in [5, 5.41) is 19.0. The number of aliphatic hydroxyl groups excluding tert-OH is 1. The standard InChI is InChI=1S/C31H27FN6O3/c1-19-23(24-5-3-7-26(28(24)32)38-31(41)27-9-8-20(18-40)16-35-27)4-2-6-25(19)37-30-29-22(10-11-34-30)14-21(17-36-29)15-33-12-13-39/h2-11,14,16-18,33,39H,12-13,15H2,1H3,(H,34,37)(H,38,41). The van der Waals surface area contributed by atoms with Crippen LogP contribution in [0.15, 0.2) is 79.3 Å². The second kappa shape index (κ2) is 12.4. The highest BCUT2D eigenvalue weighted by Crippen LogP contribution is 2.35. The number of nitrogens with one attached hydrogen (secondary N) is 3. The Balaban J connectivity index is 1.41. The highest BCUT2D eigenvalue weighted by atomic mass is 19.1. The summed E-state index contributed by atoms with van der Waals surface area (Å²) in [5.41, 5.74) is 4.55. The summed E-state index contributed by atoms with van der Waals surface area (Å²) >= 11 is 0. The summed E-state index contributed by atoms with van der Waals surface area (Å²) in [7, 11) is 0. The van der Waals surface area contributed by atoms with Crippen LogP contribution in [-0.4, -0.2) is 45.4 Å². The molecule has 5 aromatic rings. The molecule has 206 valence electrons. The molecule has 10 heteroatoms. The predicted octanol–water partition coefficient (Wildman–Crippen LogP) is 5.03. The molecule has 0 aliphatic rings. The zero-order valence-electron chi connectivity index (χ0n) is 22.2. The fourth-order valence-corrected chi connectivity index (χ4v) is 4.43. The molecular formula is C31H27FN6O3. The van der Waals surface area contributed by atoms with Gasteiger partial charge in [0, 0.05) is 53.9 Å². The van der Waals surface area contributed by atoms with E-state index >= 15 is 4.39 Å². The average molecular weight is 551 g/mol. The molecule has 0 atom stereocenters. The number of hydrogen-bond acceptors (Lipinski definition) is 8. The maximum Gasteiger partial charge on any atom is 0.274 e. The lowest BCUT2D eigenvalue weighted by molar-refractivity contribution is 0.102. The number of anilines is 3. The Morgan fingerprint density at radius 1 is 0.976 bits per heavy atom. The molecule has 41 heavy (non-hydrogen) atoms. The van der Waals surface area contributed by atoms with E-state index in [0.29, 0.717) is 47.4 Å². The van der Waals surface area contributed by atoms with Crippen molar-refractivity contribution in [3.8, 4) is 11.1 Å². The topological polar surface area (TPSA) is 129 Å². The molecule has 2 aromatic carbocycles. The van der Waals surface area contributed by atoms with Gasteiger partial charge >= 0.3 is 0 Å². The first-order valence-electron chi connectivity index (χ1n) is 12.9. The minimum absolute atomic E-state index is 0.00993. The lowest BCUT2D eigenvalue weighted by Crippen LogP contribution is -2.17. The minimum Gasteiger partial charge on any atom is -0.395 e. The number of aliphatic hydroxyl groups is 1. The molecular weight excluding hydrogens is 523 g/mol. The maximum atomic E-state index is 15.7. The molecule has 5 rings (SSSR count). The van der Waals surface area contributed by atoms with Gasteiger partial charge in [-0.05, 0) is 60.0 Å². The van der Waals surface area contributed by atoms with Crippen LogP contribution < -0.4 is 16.0 Å². The SMILES string of the molecule is Cc1c(Nc2nccc3cc(CNCCO)cnc23)cccc1-c1cccc(NC(=O)c2ccc(C=O)cn2)c1F. The second-order valence-electron chi connectivity index (χ2n) is 9.29. The summed E-state index contributed by atoms with van der Waals surface area (Å²) in [6.45, 7) is 3.03. The monoisotopic (exact) mass is 550 g/mol. The van der Waals surface area contributed by atoms with Crippen molar-refractivity contribution in [2.45, 2.75) is 13.5 Å². The Kier molecular flexibility index (Phi) is 8.33. The first-order chi connectivity index (χ1) is 20.0. The second-order valence-corrected chi connectivity index (χ2v) is 9.29. The van der Waals surface area contributed by atoms with Gasteiger partial charge in [0.05, 0.1) is 12.3 Å². The number of amides is 1. The summed E-state index contributed by atoms with van der Waals surface area (Å²) in [6.07, 6.45) is 5.38. The van der Waals surface area contributed by atoms with Gasteiger partial charge < -0.3 is 21.1 Å². The van der Waals surface area contributed by atoms with Crippen LogP contribution in [0, 0.1) is 12.7 Å². The van der Waals surface area contributed by atoms with Gasteiger partial charge in [0.1, 0.15) is 11.2 Å². The van der Waals surface area contributed by atoms with Crippen molar-refractivity contribution >= 4 is 40.3 Å². The normalized spacial score (nSPS) is 10.9. The molecule has 9 nitrogen and oxygen atoms in total. The third-order valence-electron chi connectivity index (χ3n) is 6.55. The fraction of sp³-hybridized carbons (Fsp3) is 0.129. The minimum atomic E-state index is -0.590. The molecule has 1 amide bonds. The largest absolute Gasteiger partial charge is 0.395 e. The van der Waals surface area contributed by atoms with E-state index < -0.39 is 11.7 Å². The van der Waals surface area contributed by atoms with Crippen molar-refractivity contribution in [3.05, 3.63) is 107 Å². The van der Waals surface area contributed by atoms with Crippen molar-refractivity contribution in [3.63, 3.8) is 0 Å². The first-order valence-corrected chi connectivity index (χ1v) is 12.9. The van der Waals surface area contributed by atoms with E-state index in [-0.39, 0.29) is 18.0 Å². The summed E-state index contributed by atoms with van der Waals surface area (Å²) in [5.74, 6) is -0.613. The number of aromatic nitrogens is 3. The molecule has 0 aliphatic carbocycles. The smallest absolute Gasteiger partial charge is 0.274 e. The van der Waals surface area contributed by atoms with E-state index in [9.17, 15) is 9.59 Å². The Morgan fingerprint density at radius 2 is 1.78 bits per heavy atom. The number of rotatable bonds is 10. The van der Waals surface area contributed by atoms with Gasteiger partial charge in [-0.25, -0.2) is 9.37 Å². The fourth-order valence-electron chi connectivity index (χ4n) is 4.43. The molecule has 0 aliphatic heterocycles. The van der Waals surface area contributed by atoms with E-state index in [1.165, 1.54) is 24.4 Å². The Bertz CT molecular complexity index is 1730. The summed E-state index contributed by atoms with van der Waals surface area (Å²) in [4.78, 5) is 36.6. The molecule has 0 unspecified atom stereocenters. The lowest BCUT2D eigenvalue weighted by Gasteiger charge is -2.16. The number of halogens is 1. The van der Waals surface area contributed by atoms with Crippen LogP contribution in [-0.2, 0) is 6.54 Å². The quantitative estimate of drug-likeness (QED) is 0.141. The van der Waals surface area contributed by atoms with Gasteiger partial charge in [-0.3, -0.25) is 19.6 Å². The number of pyridine rings is 3. The zero-order chi connectivity index (χ0) is 28.8. The molecule has 3 aromatic heterocycles. The molecule has 4 N–H and O–H groups in total. The summed E-state index contributed by atoms with van der Waals surface area (Å²) < 4.78 is 15.7. The van der Waals surface area contributed by atoms with Gasteiger partial charge in [0.15, 0.2) is 17.9 Å². The number of carbonyl (C=O) groups excluding carboxylic acids is 2. The van der Waals surface area contributed by atoms with Crippen molar-refractivity contribution in [1.29, 1.82) is 0 Å². The van der Waals surface area contributed by atoms with Crippen LogP contribution in [0.1, 0.15) is 32.0 Å². The van der Waals surface area contributed by atoms with Crippen molar-refractivity contribution in [2.24, 2.45) is 0 Å². The van der Waals surface area contributed by atoms with Gasteiger partial charge in [-0.15, -0.1) is 0 Å². The van der Waals surface area contributed by atoms with Crippen LogP contribution in [0.5, 0.6) is 0 Å². The number of fused-ring (bicyclic) bond motifs is 1. The number of aldehydes is 1. The van der Waals surface area contributed by atoms with Crippen molar-refractivity contribution in [1.82, 2.24) is 20.3 Å². The predicted molar refractivity (Wildman–Crippen MR) is 156 cm³/mol. The Morgan fingerprint density at radius 3 is 2.54 bits per heavy atom. The van der Waals surface area contributed by atoms with Crippen molar-refractivity contribution < 1.29 is 19.1 Å². The van der Waals surface area contributed by atoms with Crippen LogP contribution in [0.4, 0.5) is 21.6 Å². The van der Waals surface area contributed by atoms with Crippen LogP contribution >= 0.6 is 0 Å². The first kappa shape index (κ1) is 27.5. The highest BCUT2D eigenvalue weighted by molar-refractivity contribution is 6.03. The average Bonchev–Trinajstić information content (AvgIpc) is 2.99. The molecule has 0 spiro atoms. The number of hydrogen-bond donors (Lipinski definition) is 4. The van der Waals surface area contributed by atoms with Crippen LogP contribution in [0.2, 0.25) is 0 Å². The highest BCUT2D eigenvalue weighted by Gasteiger charge is 2.17. The maximum absolute atomic E-state index is 15.7. The molecule has 0 saturated heterocycles. The van der Waals surface area contributed by atoms with E-state index in [4.69, 9.17) is 5.11 Å². The van der Waals surface area contributed by atoms with E-state index in [2.05, 4.69) is 30.9 Å². The van der Waals surface area contributed by atoms with Crippen molar-refractivity contribution in [2.75, 3.05) is 23.8 Å². The molecule has 0 radical (unpaired) electrons. The molecule has 0 fully saturated rings. The molecule has 0 bridgehead atoms.